The van der Waals surface area contributed by atoms with Crippen molar-refractivity contribution in [3.05, 3.63) is 30.1 Å². The topological polar surface area (TPSA) is 68.3 Å². The number of rotatable bonds is 2. The number of nitrogens with one attached hydrogen (secondary N) is 1. The summed E-state index contributed by atoms with van der Waals surface area (Å²) in [4.78, 5) is 27.4. The predicted molar refractivity (Wildman–Crippen MR) is 62.7 cm³/mol. The molecule has 1 aliphatic carbocycles. The first-order valence-electron chi connectivity index (χ1n) is 6.15. The lowest BCUT2D eigenvalue weighted by atomic mass is 9.76. The van der Waals surface area contributed by atoms with Crippen LogP contribution >= 0.6 is 0 Å². The third-order valence-corrected chi connectivity index (χ3v) is 3.58. The number of hydrogen-bond acceptors (Lipinski definition) is 5. The van der Waals surface area contributed by atoms with E-state index in [4.69, 9.17) is 4.74 Å². The molecule has 0 aromatic carbocycles. The predicted octanol–water partition coefficient (Wildman–Crippen LogP) is 0.906. The Labute approximate surface area is 105 Å². The third kappa shape index (κ3) is 2.13. The van der Waals surface area contributed by atoms with Gasteiger partial charge in [0.1, 0.15) is 5.69 Å². The first-order valence-corrected chi connectivity index (χ1v) is 6.15. The molecule has 0 amide bonds. The summed E-state index contributed by atoms with van der Waals surface area (Å²) < 4.78 is 4.88. The Hall–Kier alpha value is -1.75. The van der Waals surface area contributed by atoms with Crippen LogP contribution in [-0.4, -0.2) is 29.0 Å². The molecule has 2 bridgehead atoms. The molecule has 3 heterocycles. The van der Waals surface area contributed by atoms with Gasteiger partial charge in [0.25, 0.3) is 0 Å². The van der Waals surface area contributed by atoms with Gasteiger partial charge >= 0.3 is 11.9 Å². The molecule has 0 spiro atoms. The highest BCUT2D eigenvalue weighted by molar-refractivity contribution is 5.96. The van der Waals surface area contributed by atoms with Crippen LogP contribution in [-0.2, 0) is 9.53 Å². The Morgan fingerprint density at radius 2 is 1.94 bits per heavy atom. The van der Waals surface area contributed by atoms with E-state index in [0.717, 1.165) is 19.3 Å². The van der Waals surface area contributed by atoms with Crippen LogP contribution in [0.5, 0.6) is 0 Å². The zero-order valence-corrected chi connectivity index (χ0v) is 9.83. The maximum atomic E-state index is 11.8. The van der Waals surface area contributed by atoms with Crippen molar-refractivity contribution in [2.75, 3.05) is 0 Å². The SMILES string of the molecule is O=C(OC(=O)C1CC2CC(C1)N2)c1ccccn1. The van der Waals surface area contributed by atoms with Gasteiger partial charge < -0.3 is 10.1 Å². The first kappa shape index (κ1) is 11.3. The molecule has 2 saturated heterocycles. The molecule has 4 rings (SSSR count). The van der Waals surface area contributed by atoms with Crippen LogP contribution in [0.25, 0.3) is 0 Å². The molecule has 3 aliphatic rings. The molecular formula is C13H14N2O3. The fourth-order valence-corrected chi connectivity index (χ4v) is 2.67. The van der Waals surface area contributed by atoms with Crippen molar-refractivity contribution in [1.29, 1.82) is 0 Å². The molecule has 1 aromatic heterocycles. The summed E-state index contributed by atoms with van der Waals surface area (Å²) in [6.45, 7) is 0. The molecule has 2 atom stereocenters. The number of hydrogen-bond donors (Lipinski definition) is 1. The Balaban J connectivity index is 1.59. The Morgan fingerprint density at radius 3 is 2.56 bits per heavy atom. The number of aromatic nitrogens is 1. The number of fused-ring (bicyclic) bond motifs is 2. The molecule has 18 heavy (non-hydrogen) atoms. The van der Waals surface area contributed by atoms with Crippen LogP contribution in [0.15, 0.2) is 24.4 Å². The van der Waals surface area contributed by atoms with E-state index in [2.05, 4.69) is 10.3 Å². The maximum absolute atomic E-state index is 11.8. The fourth-order valence-electron chi connectivity index (χ4n) is 2.67. The highest BCUT2D eigenvalue weighted by atomic mass is 16.6. The van der Waals surface area contributed by atoms with Crippen LogP contribution in [0.1, 0.15) is 29.8 Å². The van der Waals surface area contributed by atoms with Crippen molar-refractivity contribution in [3.8, 4) is 0 Å². The molecule has 2 unspecified atom stereocenters. The minimum atomic E-state index is -0.659. The zero-order valence-electron chi connectivity index (χ0n) is 9.83. The second-order valence-electron chi connectivity index (χ2n) is 4.89. The van der Waals surface area contributed by atoms with E-state index in [9.17, 15) is 9.59 Å². The lowest BCUT2D eigenvalue weighted by molar-refractivity contribution is -0.145. The zero-order chi connectivity index (χ0) is 12.5. The molecule has 1 N–H and O–H groups in total. The number of carbonyl (C=O) groups excluding carboxylic acids is 2. The van der Waals surface area contributed by atoms with Gasteiger partial charge in [-0.15, -0.1) is 0 Å². The van der Waals surface area contributed by atoms with Crippen LogP contribution < -0.4 is 5.32 Å². The smallest absolute Gasteiger partial charge is 0.364 e. The average molecular weight is 246 g/mol. The van der Waals surface area contributed by atoms with Crippen molar-refractivity contribution in [2.45, 2.75) is 31.3 Å². The first-order chi connectivity index (χ1) is 8.72. The van der Waals surface area contributed by atoms with E-state index in [1.807, 2.05) is 0 Å². The highest BCUT2D eigenvalue weighted by Crippen LogP contribution is 2.33. The van der Waals surface area contributed by atoms with Crippen molar-refractivity contribution in [3.63, 3.8) is 0 Å². The molecule has 5 nitrogen and oxygen atoms in total. The van der Waals surface area contributed by atoms with Gasteiger partial charge in [0.15, 0.2) is 0 Å². The van der Waals surface area contributed by atoms with E-state index in [1.165, 1.54) is 12.3 Å². The summed E-state index contributed by atoms with van der Waals surface area (Å²) in [6, 6.07) is 5.78. The summed E-state index contributed by atoms with van der Waals surface area (Å²) >= 11 is 0. The molecule has 1 aromatic rings. The maximum Gasteiger partial charge on any atom is 0.364 e. The molecular weight excluding hydrogens is 232 g/mol. The molecule has 1 saturated carbocycles. The average Bonchev–Trinajstić information content (AvgIpc) is 2.39. The van der Waals surface area contributed by atoms with E-state index >= 15 is 0 Å². The summed E-state index contributed by atoms with van der Waals surface area (Å²) in [5.41, 5.74) is 0.171. The second kappa shape index (κ2) is 4.49. The molecule has 94 valence electrons. The van der Waals surface area contributed by atoms with E-state index in [0.29, 0.717) is 12.1 Å². The minimum absolute atomic E-state index is 0.150. The van der Waals surface area contributed by atoms with Crippen LogP contribution in [0.3, 0.4) is 0 Å². The second-order valence-corrected chi connectivity index (χ2v) is 4.89. The van der Waals surface area contributed by atoms with Crippen molar-refractivity contribution >= 4 is 11.9 Å². The number of piperidine rings is 1. The molecule has 0 radical (unpaired) electrons. The monoisotopic (exact) mass is 246 g/mol. The van der Waals surface area contributed by atoms with Gasteiger partial charge in [-0.3, -0.25) is 4.79 Å². The highest BCUT2D eigenvalue weighted by Gasteiger charge is 2.41. The molecule has 5 heteroatoms. The van der Waals surface area contributed by atoms with Gasteiger partial charge in [-0.1, -0.05) is 6.07 Å². The normalized spacial score (nSPS) is 29.2. The lowest BCUT2D eigenvalue weighted by Crippen LogP contribution is -2.59. The van der Waals surface area contributed by atoms with Gasteiger partial charge in [0, 0.05) is 18.3 Å². The van der Waals surface area contributed by atoms with Crippen LogP contribution in [0.4, 0.5) is 0 Å². The minimum Gasteiger partial charge on any atom is -0.388 e. The van der Waals surface area contributed by atoms with Crippen LogP contribution in [0.2, 0.25) is 0 Å². The van der Waals surface area contributed by atoms with Crippen molar-refractivity contribution in [1.82, 2.24) is 10.3 Å². The van der Waals surface area contributed by atoms with E-state index in [1.54, 1.807) is 12.1 Å². The Bertz CT molecular complexity index is 458. The number of nitrogens with zero attached hydrogens (tertiary/aromatic N) is 1. The van der Waals surface area contributed by atoms with E-state index in [-0.39, 0.29) is 11.6 Å². The number of carbonyl (C=O) groups is 2. The Morgan fingerprint density at radius 1 is 1.22 bits per heavy atom. The van der Waals surface area contributed by atoms with Crippen LogP contribution in [0, 0.1) is 5.92 Å². The standard InChI is InChI=1S/C13H14N2O3/c16-12(8-5-9-7-10(6-8)15-9)18-13(17)11-3-1-2-4-14-11/h1-4,8-10,15H,5-7H2. The van der Waals surface area contributed by atoms with Gasteiger partial charge in [-0.05, 0) is 31.4 Å². The fraction of sp³-hybridized carbons (Fsp3) is 0.462. The summed E-state index contributed by atoms with van der Waals surface area (Å²) in [5.74, 6) is -1.22. The largest absolute Gasteiger partial charge is 0.388 e. The van der Waals surface area contributed by atoms with Gasteiger partial charge in [0.05, 0.1) is 5.92 Å². The number of pyridine rings is 1. The third-order valence-electron chi connectivity index (χ3n) is 3.58. The number of esters is 2. The van der Waals surface area contributed by atoms with Crippen molar-refractivity contribution in [2.24, 2.45) is 5.92 Å². The molecule has 3 fully saturated rings. The van der Waals surface area contributed by atoms with Gasteiger partial charge in [0.2, 0.25) is 0 Å². The molecule has 2 aliphatic heterocycles. The number of ether oxygens (including phenoxy) is 1. The summed E-state index contributed by atoms with van der Waals surface area (Å²) in [5, 5.41) is 3.34. The van der Waals surface area contributed by atoms with Crippen molar-refractivity contribution < 1.29 is 14.3 Å². The van der Waals surface area contributed by atoms with E-state index < -0.39 is 11.9 Å². The summed E-state index contributed by atoms with van der Waals surface area (Å²) in [7, 11) is 0. The Kier molecular flexibility index (Phi) is 2.83. The quantitative estimate of drug-likeness (QED) is 0.620. The lowest BCUT2D eigenvalue weighted by Gasteiger charge is -2.45. The van der Waals surface area contributed by atoms with Gasteiger partial charge in [-0.2, -0.15) is 0 Å². The van der Waals surface area contributed by atoms with Gasteiger partial charge in [-0.25, -0.2) is 9.78 Å². The summed E-state index contributed by atoms with van der Waals surface area (Å²) in [6.07, 6.45) is 4.18.